The van der Waals surface area contributed by atoms with E-state index >= 15 is 0 Å². The summed E-state index contributed by atoms with van der Waals surface area (Å²) in [6.07, 6.45) is 56.1. The zero-order valence-electron chi connectivity index (χ0n) is 31.9. The van der Waals surface area contributed by atoms with E-state index in [0.717, 1.165) is 96.3 Å². The number of allylic oxidation sites excluding steroid dienone is 16. The lowest BCUT2D eigenvalue weighted by molar-refractivity contribution is -0.161. The number of carbonyl (C=O) groups excluding carboxylic acids is 2. The van der Waals surface area contributed by atoms with E-state index in [0.29, 0.717) is 12.8 Å². The first-order chi connectivity index (χ1) is 24.6. The minimum Gasteiger partial charge on any atom is -0.462 e. The van der Waals surface area contributed by atoms with Crippen molar-refractivity contribution in [1.29, 1.82) is 0 Å². The molecule has 0 heterocycles. The molecule has 0 aromatic carbocycles. The third-order valence-electron chi connectivity index (χ3n) is 7.86. The summed E-state index contributed by atoms with van der Waals surface area (Å²) in [5.74, 6) is -0.652. The van der Waals surface area contributed by atoms with Crippen molar-refractivity contribution in [1.82, 2.24) is 0 Å². The van der Waals surface area contributed by atoms with Gasteiger partial charge < -0.3 is 14.6 Å². The van der Waals surface area contributed by atoms with Gasteiger partial charge in [-0.1, -0.05) is 150 Å². The van der Waals surface area contributed by atoms with Gasteiger partial charge in [0.15, 0.2) is 6.10 Å². The van der Waals surface area contributed by atoms with Gasteiger partial charge in [-0.05, 0) is 89.9 Å². The van der Waals surface area contributed by atoms with Crippen molar-refractivity contribution in [3.8, 4) is 0 Å². The lowest BCUT2D eigenvalue weighted by atomic mass is 10.1. The van der Waals surface area contributed by atoms with Gasteiger partial charge in [0.25, 0.3) is 0 Å². The molecule has 1 N–H and O–H groups in total. The molecule has 0 aliphatic rings. The molecule has 0 fully saturated rings. The molecule has 5 heteroatoms. The predicted octanol–water partition coefficient (Wildman–Crippen LogP) is 12.5. The first-order valence-electron chi connectivity index (χ1n) is 19.8. The van der Waals surface area contributed by atoms with Crippen LogP contribution in [-0.2, 0) is 19.1 Å². The van der Waals surface area contributed by atoms with Crippen LogP contribution in [0.2, 0.25) is 0 Å². The third-order valence-corrected chi connectivity index (χ3v) is 7.86. The van der Waals surface area contributed by atoms with E-state index in [1.54, 1.807) is 0 Å². The summed E-state index contributed by atoms with van der Waals surface area (Å²) in [7, 11) is 0. The smallest absolute Gasteiger partial charge is 0.306 e. The molecule has 0 rings (SSSR count). The van der Waals surface area contributed by atoms with Crippen molar-refractivity contribution < 1.29 is 24.2 Å². The lowest BCUT2D eigenvalue weighted by Gasteiger charge is -2.15. The Bertz CT molecular complexity index is 1010. The summed E-state index contributed by atoms with van der Waals surface area (Å²) < 4.78 is 10.5. The quantitative estimate of drug-likeness (QED) is 0.0413. The van der Waals surface area contributed by atoms with E-state index in [1.807, 2.05) is 0 Å². The molecule has 0 aromatic heterocycles. The highest BCUT2D eigenvalue weighted by atomic mass is 16.6. The van der Waals surface area contributed by atoms with Gasteiger partial charge >= 0.3 is 11.9 Å². The predicted molar refractivity (Wildman–Crippen MR) is 214 cm³/mol. The fourth-order valence-electron chi connectivity index (χ4n) is 4.87. The third kappa shape index (κ3) is 37.6. The summed E-state index contributed by atoms with van der Waals surface area (Å²) in [6, 6.07) is 0. The van der Waals surface area contributed by atoms with Crippen molar-refractivity contribution >= 4 is 11.9 Å². The summed E-state index contributed by atoms with van der Waals surface area (Å²) in [4.78, 5) is 24.2. The van der Waals surface area contributed by atoms with Crippen LogP contribution in [0.15, 0.2) is 97.2 Å². The molecule has 0 saturated heterocycles. The first kappa shape index (κ1) is 46.8. The number of rotatable bonds is 34. The zero-order chi connectivity index (χ0) is 36.4. The Morgan fingerprint density at radius 1 is 0.480 bits per heavy atom. The van der Waals surface area contributed by atoms with E-state index in [-0.39, 0.29) is 25.2 Å². The lowest BCUT2D eigenvalue weighted by Crippen LogP contribution is -2.28. The van der Waals surface area contributed by atoms with Gasteiger partial charge in [0.05, 0.1) is 6.61 Å². The van der Waals surface area contributed by atoms with Gasteiger partial charge in [-0.2, -0.15) is 0 Å². The molecule has 0 spiro atoms. The second kappa shape index (κ2) is 40.3. The number of ether oxygens (including phenoxy) is 2. The molecule has 0 aliphatic heterocycles. The second-order valence-electron chi connectivity index (χ2n) is 12.6. The van der Waals surface area contributed by atoms with E-state index in [9.17, 15) is 14.7 Å². The van der Waals surface area contributed by atoms with Gasteiger partial charge in [-0.15, -0.1) is 0 Å². The van der Waals surface area contributed by atoms with Crippen molar-refractivity contribution in [2.24, 2.45) is 0 Å². The Kier molecular flexibility index (Phi) is 37.7. The van der Waals surface area contributed by atoms with Crippen molar-refractivity contribution in [2.45, 2.75) is 161 Å². The van der Waals surface area contributed by atoms with Crippen LogP contribution in [0.3, 0.4) is 0 Å². The van der Waals surface area contributed by atoms with Crippen LogP contribution in [-0.4, -0.2) is 36.4 Å². The first-order valence-corrected chi connectivity index (χ1v) is 19.8. The van der Waals surface area contributed by atoms with E-state index < -0.39 is 6.10 Å². The van der Waals surface area contributed by atoms with Gasteiger partial charge in [-0.3, -0.25) is 9.59 Å². The molecule has 1 atom stereocenters. The van der Waals surface area contributed by atoms with Gasteiger partial charge in [-0.25, -0.2) is 0 Å². The SMILES string of the molecule is CC/C=C\C/C=C\C/C=C\C/C=C\C/C=C\C/C=C\C/C=C\CCCCCC(=O)OC(CO)COC(=O)CCCCCCC/C=C\CCCC. The molecule has 0 radical (unpaired) electrons. The molecule has 0 saturated carbocycles. The fourth-order valence-corrected chi connectivity index (χ4v) is 4.87. The molecule has 1 unspecified atom stereocenters. The maximum absolute atomic E-state index is 12.2. The maximum Gasteiger partial charge on any atom is 0.306 e. The summed E-state index contributed by atoms with van der Waals surface area (Å²) in [6.45, 7) is 3.92. The highest BCUT2D eigenvalue weighted by molar-refractivity contribution is 5.70. The number of carbonyl (C=O) groups is 2. The minimum absolute atomic E-state index is 0.0903. The van der Waals surface area contributed by atoms with Crippen LogP contribution in [0, 0.1) is 0 Å². The van der Waals surface area contributed by atoms with Gasteiger partial charge in [0, 0.05) is 12.8 Å². The molecule has 0 aromatic rings. The normalized spacial score (nSPS) is 13.3. The molecule has 282 valence electrons. The number of unbranched alkanes of at least 4 members (excludes halogenated alkanes) is 10. The standard InChI is InChI=1S/C45H72O5/c1-3-5-7-9-11-13-15-16-17-18-19-20-21-22-23-24-25-26-27-28-30-32-34-36-38-40-45(48)50-43(41-46)42-49-44(47)39-37-35-33-31-29-14-12-10-8-6-4-2/h5,7,10-13,16-17,19-20,22-23,25-26,28,30,43,46H,3-4,6,8-9,14-15,18,21,24,27,29,31-42H2,1-2H3/b7-5-,12-10-,13-11-,17-16-,20-19-,23-22-,26-25-,30-28-. The highest BCUT2D eigenvalue weighted by Crippen LogP contribution is 2.10. The summed E-state index contributed by atoms with van der Waals surface area (Å²) in [5.41, 5.74) is 0. The Hall–Kier alpha value is -3.18. The monoisotopic (exact) mass is 693 g/mol. The molecule has 0 bridgehead atoms. The minimum atomic E-state index is -0.797. The summed E-state index contributed by atoms with van der Waals surface area (Å²) >= 11 is 0. The van der Waals surface area contributed by atoms with Crippen LogP contribution < -0.4 is 0 Å². The van der Waals surface area contributed by atoms with Crippen molar-refractivity contribution in [2.75, 3.05) is 13.2 Å². The molecular formula is C45H72O5. The average molecular weight is 693 g/mol. The number of aliphatic hydroxyl groups is 1. The van der Waals surface area contributed by atoms with E-state index in [4.69, 9.17) is 9.47 Å². The maximum atomic E-state index is 12.2. The van der Waals surface area contributed by atoms with Crippen LogP contribution in [0.1, 0.15) is 155 Å². The summed E-state index contributed by atoms with van der Waals surface area (Å²) in [5, 5.41) is 9.54. The molecule has 50 heavy (non-hydrogen) atoms. The van der Waals surface area contributed by atoms with Crippen molar-refractivity contribution in [3.05, 3.63) is 97.2 Å². The van der Waals surface area contributed by atoms with Gasteiger partial charge in [0.1, 0.15) is 6.61 Å². The number of hydrogen-bond acceptors (Lipinski definition) is 5. The Morgan fingerprint density at radius 3 is 1.34 bits per heavy atom. The van der Waals surface area contributed by atoms with Crippen LogP contribution in [0.5, 0.6) is 0 Å². The molecule has 0 amide bonds. The number of hydrogen-bond donors (Lipinski definition) is 1. The largest absolute Gasteiger partial charge is 0.462 e. The topological polar surface area (TPSA) is 72.8 Å². The van der Waals surface area contributed by atoms with E-state index in [1.165, 1.54) is 32.1 Å². The van der Waals surface area contributed by atoms with Crippen LogP contribution in [0.25, 0.3) is 0 Å². The second-order valence-corrected chi connectivity index (χ2v) is 12.6. The average Bonchev–Trinajstić information content (AvgIpc) is 3.12. The van der Waals surface area contributed by atoms with E-state index in [2.05, 4.69) is 111 Å². The Labute approximate surface area is 307 Å². The highest BCUT2D eigenvalue weighted by Gasteiger charge is 2.16. The van der Waals surface area contributed by atoms with Crippen molar-refractivity contribution in [3.63, 3.8) is 0 Å². The fraction of sp³-hybridized carbons (Fsp3) is 0.600. The van der Waals surface area contributed by atoms with Crippen LogP contribution in [0.4, 0.5) is 0 Å². The number of esters is 2. The van der Waals surface area contributed by atoms with Gasteiger partial charge in [0.2, 0.25) is 0 Å². The number of aliphatic hydroxyl groups excluding tert-OH is 1. The zero-order valence-corrected chi connectivity index (χ0v) is 31.9. The Balaban J connectivity index is 3.71. The molecule has 5 nitrogen and oxygen atoms in total. The Morgan fingerprint density at radius 2 is 0.860 bits per heavy atom. The molecule has 0 aliphatic carbocycles. The van der Waals surface area contributed by atoms with Crippen LogP contribution >= 0.6 is 0 Å². The molecular weight excluding hydrogens is 620 g/mol.